The molecule has 5 rings (SSSR count). The number of piperidine rings is 1. The molecule has 1 amide bonds. The Balaban J connectivity index is 0.000000304. The van der Waals surface area contributed by atoms with Gasteiger partial charge in [0.2, 0.25) is 0 Å². The van der Waals surface area contributed by atoms with E-state index in [0.29, 0.717) is 36.6 Å². The molecule has 0 aliphatic carbocycles. The molecule has 0 radical (unpaired) electrons. The third kappa shape index (κ3) is 12.0. The monoisotopic (exact) mass is 891 g/mol. The van der Waals surface area contributed by atoms with E-state index in [0.717, 1.165) is 50.2 Å². The van der Waals surface area contributed by atoms with Gasteiger partial charge in [0.05, 0.1) is 48.4 Å². The number of piperazine rings is 1. The van der Waals surface area contributed by atoms with Crippen molar-refractivity contribution >= 4 is 11.9 Å². The number of likely N-dealkylation sites (tertiary alicyclic amines) is 1. The number of aliphatic hydroxyl groups is 8. The second-order valence-corrected chi connectivity index (χ2v) is 16.2. The number of aromatic nitrogens is 2. The Kier molecular flexibility index (Phi) is 18.1. The molecule has 0 bridgehead atoms. The second-order valence-electron chi connectivity index (χ2n) is 16.2. The highest BCUT2D eigenvalue weighted by Crippen LogP contribution is 2.36. The van der Waals surface area contributed by atoms with E-state index < -0.39 is 86.0 Å². The molecule has 9 N–H and O–H groups in total. The van der Waals surface area contributed by atoms with Crippen LogP contribution in [0.5, 0.6) is 0 Å². The number of rotatable bonds is 14. The Morgan fingerprint density at radius 2 is 1.55 bits per heavy atom. The fourth-order valence-corrected chi connectivity index (χ4v) is 8.07. The molecule has 350 valence electrons. The number of carboxylic acid groups (broad SMARTS) is 1. The second kappa shape index (κ2) is 21.9. The summed E-state index contributed by atoms with van der Waals surface area (Å²) in [6.07, 6.45) is -18.2. The van der Waals surface area contributed by atoms with Crippen LogP contribution in [0, 0.1) is 13.8 Å². The van der Waals surface area contributed by atoms with Crippen LogP contribution in [-0.4, -0.2) is 209 Å². The van der Waals surface area contributed by atoms with Gasteiger partial charge in [-0.2, -0.15) is 13.2 Å². The lowest BCUT2D eigenvalue weighted by atomic mass is 9.86. The van der Waals surface area contributed by atoms with Gasteiger partial charge in [-0.3, -0.25) is 14.6 Å². The maximum absolute atomic E-state index is 13.2. The van der Waals surface area contributed by atoms with Crippen LogP contribution in [0.3, 0.4) is 0 Å². The minimum atomic E-state index is -4.35. The summed E-state index contributed by atoms with van der Waals surface area (Å²) in [5, 5.41) is 84.5. The number of hydrogen-bond donors (Lipinski definition) is 9. The summed E-state index contributed by atoms with van der Waals surface area (Å²) in [5.74, 6) is -1.84. The van der Waals surface area contributed by atoms with E-state index in [1.54, 1.807) is 19.2 Å². The van der Waals surface area contributed by atoms with Crippen molar-refractivity contribution in [1.82, 2.24) is 24.7 Å². The Morgan fingerprint density at radius 3 is 2.05 bits per heavy atom. The molecule has 3 saturated heterocycles. The maximum atomic E-state index is 13.2. The van der Waals surface area contributed by atoms with Crippen LogP contribution in [0.1, 0.15) is 65.6 Å². The molecular formula is C40H60F3N5O14. The summed E-state index contributed by atoms with van der Waals surface area (Å²) in [7, 11) is 1.62. The highest BCUT2D eigenvalue weighted by atomic mass is 19.4. The largest absolute Gasteiger partial charge is 0.479 e. The lowest BCUT2D eigenvalue weighted by Crippen LogP contribution is -2.62. The van der Waals surface area contributed by atoms with Gasteiger partial charge in [0.25, 0.3) is 5.91 Å². The molecule has 11 atom stereocenters. The van der Waals surface area contributed by atoms with Gasteiger partial charge >= 0.3 is 12.1 Å². The minimum absolute atomic E-state index is 0.000198. The molecule has 3 fully saturated rings. The molecule has 1 aromatic heterocycles. The predicted molar refractivity (Wildman–Crippen MR) is 210 cm³/mol. The van der Waals surface area contributed by atoms with Crippen LogP contribution in [-0.2, 0) is 25.2 Å². The number of carbonyl (C=O) groups excluding carboxylic acids is 1. The van der Waals surface area contributed by atoms with Gasteiger partial charge in [-0.05, 0) is 58.2 Å². The van der Waals surface area contributed by atoms with Crippen LogP contribution >= 0.6 is 0 Å². The van der Waals surface area contributed by atoms with Crippen molar-refractivity contribution in [2.75, 3.05) is 59.7 Å². The Bertz CT molecular complexity index is 1740. The average Bonchev–Trinajstić information content (AvgIpc) is 3.24. The minimum Gasteiger partial charge on any atom is -0.479 e. The first-order valence-corrected chi connectivity index (χ1v) is 20.2. The van der Waals surface area contributed by atoms with Gasteiger partial charge in [0.15, 0.2) is 12.4 Å². The smallest absolute Gasteiger partial charge is 0.416 e. The fourth-order valence-electron chi connectivity index (χ4n) is 8.07. The first-order chi connectivity index (χ1) is 29.1. The van der Waals surface area contributed by atoms with Gasteiger partial charge in [-0.1, -0.05) is 12.1 Å². The number of amides is 1. The molecule has 0 saturated carbocycles. The molecule has 1 aromatic carbocycles. The number of carbonyl (C=O) groups is 2. The van der Waals surface area contributed by atoms with E-state index in [2.05, 4.69) is 33.6 Å². The van der Waals surface area contributed by atoms with Crippen LogP contribution in [0.15, 0.2) is 30.6 Å². The van der Waals surface area contributed by atoms with Gasteiger partial charge in [0, 0.05) is 51.4 Å². The Labute approximate surface area is 356 Å². The highest BCUT2D eigenvalue weighted by molar-refractivity contribution is 5.96. The average molecular weight is 892 g/mol. The Hall–Kier alpha value is -3.49. The van der Waals surface area contributed by atoms with E-state index in [4.69, 9.17) is 29.5 Å². The summed E-state index contributed by atoms with van der Waals surface area (Å²) in [6.45, 7) is 10.6. The summed E-state index contributed by atoms with van der Waals surface area (Å²) in [5.41, 5.74) is 2.18. The number of aliphatic hydroxyl groups excluding tert-OH is 8. The third-order valence-corrected chi connectivity index (χ3v) is 12.0. The lowest BCUT2D eigenvalue weighted by molar-refractivity contribution is -0.325. The zero-order valence-electron chi connectivity index (χ0n) is 35.2. The standard InChI is InChI=1S/C28H38F3N5O2.C12H22O12/c1-19-16-35(14-15-36(19)24(17-38-5)22-6-8-23(9-7-22)28(29,30)31)27(4)10-12-34(13-11-27)26(37)25-20(2)32-18-33-21(25)3;13-1-3(15)5(16)10(9(20)11(21)22)24-12-8(19)7(18)6(17)4(2-14)23-12/h6-9,18-19,24H,10-17H2,1-5H3;3-10,12-20H,1-2H2,(H,21,22)/t19-,24-;3-,4+,5+,6-,7-,8+,9-,10-,12-/m00/s1. The van der Waals surface area contributed by atoms with Crippen molar-refractivity contribution in [2.45, 2.75) is 119 Å². The zero-order valence-corrected chi connectivity index (χ0v) is 35.2. The van der Waals surface area contributed by atoms with Crippen molar-refractivity contribution in [1.29, 1.82) is 0 Å². The molecule has 4 heterocycles. The van der Waals surface area contributed by atoms with Crippen LogP contribution in [0.25, 0.3) is 0 Å². The molecule has 3 aliphatic rings. The summed E-state index contributed by atoms with van der Waals surface area (Å²) < 4.78 is 54.6. The van der Waals surface area contributed by atoms with Crippen molar-refractivity contribution < 1.29 is 82.9 Å². The number of alkyl halides is 3. The quantitative estimate of drug-likeness (QED) is 0.108. The number of hydrogen-bond acceptors (Lipinski definition) is 17. The van der Waals surface area contributed by atoms with Crippen LogP contribution < -0.4 is 0 Å². The summed E-state index contributed by atoms with van der Waals surface area (Å²) in [4.78, 5) is 39.3. The van der Waals surface area contributed by atoms with E-state index in [-0.39, 0.29) is 23.5 Å². The van der Waals surface area contributed by atoms with E-state index in [1.165, 1.54) is 6.33 Å². The number of aryl methyl sites for hydroxylation is 2. The van der Waals surface area contributed by atoms with Crippen molar-refractivity contribution in [2.24, 2.45) is 0 Å². The maximum Gasteiger partial charge on any atom is 0.416 e. The number of ether oxygens (including phenoxy) is 3. The van der Waals surface area contributed by atoms with Gasteiger partial charge < -0.3 is 65.1 Å². The molecule has 2 aromatic rings. The molecular weight excluding hydrogens is 831 g/mol. The molecule has 0 spiro atoms. The zero-order chi connectivity index (χ0) is 46.3. The summed E-state index contributed by atoms with van der Waals surface area (Å²) >= 11 is 0. The number of nitrogens with zero attached hydrogens (tertiary/aromatic N) is 5. The van der Waals surface area contributed by atoms with Gasteiger partial charge in [-0.25, -0.2) is 14.8 Å². The Morgan fingerprint density at radius 1 is 0.952 bits per heavy atom. The number of aliphatic carboxylic acids is 1. The van der Waals surface area contributed by atoms with Crippen LogP contribution in [0.2, 0.25) is 0 Å². The molecule has 3 aliphatic heterocycles. The number of halogens is 3. The van der Waals surface area contributed by atoms with Crippen molar-refractivity contribution in [3.8, 4) is 0 Å². The normalized spacial score (nSPS) is 27.3. The number of methoxy groups -OCH3 is 1. The number of benzene rings is 1. The molecule has 62 heavy (non-hydrogen) atoms. The first-order valence-electron chi connectivity index (χ1n) is 20.2. The molecule has 22 heteroatoms. The first kappa shape index (κ1) is 51.1. The third-order valence-electron chi connectivity index (χ3n) is 12.0. The van der Waals surface area contributed by atoms with Crippen molar-refractivity contribution in [3.63, 3.8) is 0 Å². The SMILES string of the molecule is COC[C@@H](c1ccc(C(F)(F)F)cc1)N1CCN(C2(C)CCN(C(=O)c3c(C)ncnc3C)CC2)C[C@@H]1C.O=C(O)[C@@H](O)[C@@H](O[C@@H]1O[C@H](CO)[C@H](O)[C@H](O)[C@H]1O)[C@H](O)[C@@H](O)CO. The topological polar surface area (TPSA) is 279 Å². The molecule has 0 unspecified atom stereocenters. The van der Waals surface area contributed by atoms with E-state index in [1.807, 2.05) is 18.7 Å². The van der Waals surface area contributed by atoms with E-state index in [9.17, 15) is 53.4 Å². The van der Waals surface area contributed by atoms with Crippen LogP contribution in [0.4, 0.5) is 13.2 Å². The molecule has 19 nitrogen and oxygen atoms in total. The fraction of sp³-hybridized carbons (Fsp3) is 0.700. The van der Waals surface area contributed by atoms with Gasteiger partial charge in [0.1, 0.15) is 49.1 Å². The van der Waals surface area contributed by atoms with Gasteiger partial charge in [-0.15, -0.1) is 0 Å². The predicted octanol–water partition coefficient (Wildman–Crippen LogP) is -1.17. The number of carboxylic acids is 1. The lowest BCUT2D eigenvalue weighted by Gasteiger charge is -2.52. The summed E-state index contributed by atoms with van der Waals surface area (Å²) in [6, 6.07) is 5.52. The van der Waals surface area contributed by atoms with E-state index >= 15 is 0 Å². The van der Waals surface area contributed by atoms with Crippen molar-refractivity contribution in [3.05, 3.63) is 58.7 Å². The highest BCUT2D eigenvalue weighted by Gasteiger charge is 2.48.